The third-order valence-corrected chi connectivity index (χ3v) is 3.62. The van der Waals surface area contributed by atoms with Crippen LogP contribution in [0, 0.1) is 11.8 Å². The fourth-order valence-electron chi connectivity index (χ4n) is 2.57. The fraction of sp³-hybridized carbons (Fsp3) is 0.909. The molecule has 90 valence electrons. The highest BCUT2D eigenvalue weighted by atomic mass is 16.3. The first-order chi connectivity index (χ1) is 7.69. The maximum atomic E-state index is 9.97. The number of nitrogens with zero attached hydrogens (tertiary/aromatic N) is 4. The first-order valence-corrected chi connectivity index (χ1v) is 6.10. The van der Waals surface area contributed by atoms with Crippen molar-refractivity contribution < 1.29 is 5.11 Å². The van der Waals surface area contributed by atoms with Crippen molar-refractivity contribution >= 4 is 0 Å². The predicted molar refractivity (Wildman–Crippen MR) is 59.6 cm³/mol. The average Bonchev–Trinajstić information content (AvgIpc) is 2.67. The Morgan fingerprint density at radius 1 is 1.44 bits per heavy atom. The number of tetrazole rings is 1. The molecule has 0 saturated heterocycles. The second-order valence-corrected chi connectivity index (χ2v) is 4.81. The predicted octanol–water partition coefficient (Wildman–Crippen LogP) is 0.940. The number of aliphatic hydroxyl groups is 1. The van der Waals surface area contributed by atoms with Crippen LogP contribution in [-0.2, 0) is 13.5 Å². The van der Waals surface area contributed by atoms with Crippen LogP contribution in [0.15, 0.2) is 0 Å². The van der Waals surface area contributed by atoms with E-state index in [1.807, 2.05) is 0 Å². The highest BCUT2D eigenvalue weighted by molar-refractivity contribution is 4.88. The number of aryl methyl sites for hydroxylation is 1. The van der Waals surface area contributed by atoms with Gasteiger partial charge in [-0.1, -0.05) is 13.3 Å². The Morgan fingerprint density at radius 2 is 2.25 bits per heavy atom. The number of hydrogen-bond donors (Lipinski definition) is 1. The van der Waals surface area contributed by atoms with Crippen molar-refractivity contribution in [3.05, 3.63) is 5.82 Å². The molecule has 3 unspecified atom stereocenters. The summed E-state index contributed by atoms with van der Waals surface area (Å²) < 4.78 is 0. The molecule has 1 aromatic heterocycles. The molecule has 1 saturated carbocycles. The summed E-state index contributed by atoms with van der Waals surface area (Å²) in [6, 6.07) is 0. The van der Waals surface area contributed by atoms with Crippen LogP contribution < -0.4 is 0 Å². The number of aliphatic hydroxyl groups excluding tert-OH is 1. The van der Waals surface area contributed by atoms with E-state index in [0.717, 1.165) is 37.4 Å². The molecule has 1 aliphatic carbocycles. The molecule has 0 bridgehead atoms. The Kier molecular flexibility index (Phi) is 3.53. The summed E-state index contributed by atoms with van der Waals surface area (Å²) >= 11 is 0. The molecular formula is C11H20N4O. The Bertz CT molecular complexity index is 338. The van der Waals surface area contributed by atoms with E-state index in [0.29, 0.717) is 5.92 Å². The van der Waals surface area contributed by atoms with Crippen LogP contribution in [-0.4, -0.2) is 31.4 Å². The summed E-state index contributed by atoms with van der Waals surface area (Å²) in [7, 11) is 1.77. The van der Waals surface area contributed by atoms with Gasteiger partial charge in [0.15, 0.2) is 5.82 Å². The molecule has 5 heteroatoms. The van der Waals surface area contributed by atoms with Gasteiger partial charge in [0.2, 0.25) is 0 Å². The first-order valence-electron chi connectivity index (χ1n) is 6.10. The molecule has 1 fully saturated rings. The molecule has 1 aromatic rings. The van der Waals surface area contributed by atoms with E-state index in [1.54, 1.807) is 7.05 Å². The van der Waals surface area contributed by atoms with E-state index in [-0.39, 0.29) is 6.10 Å². The zero-order valence-corrected chi connectivity index (χ0v) is 10.0. The summed E-state index contributed by atoms with van der Waals surface area (Å²) in [5.74, 6) is 1.82. The van der Waals surface area contributed by atoms with E-state index in [4.69, 9.17) is 0 Å². The van der Waals surface area contributed by atoms with Gasteiger partial charge in [-0.3, -0.25) is 0 Å². The van der Waals surface area contributed by atoms with E-state index in [2.05, 4.69) is 22.3 Å². The van der Waals surface area contributed by atoms with Gasteiger partial charge in [0.05, 0.1) is 13.2 Å². The summed E-state index contributed by atoms with van der Waals surface area (Å²) in [5.41, 5.74) is 0. The van der Waals surface area contributed by atoms with Gasteiger partial charge in [-0.25, -0.2) is 0 Å². The topological polar surface area (TPSA) is 63.8 Å². The molecule has 1 N–H and O–H groups in total. The van der Waals surface area contributed by atoms with Crippen molar-refractivity contribution in [2.45, 2.75) is 45.1 Å². The van der Waals surface area contributed by atoms with Crippen molar-refractivity contribution in [2.24, 2.45) is 18.9 Å². The minimum absolute atomic E-state index is 0.188. The van der Waals surface area contributed by atoms with Crippen molar-refractivity contribution in [3.63, 3.8) is 0 Å². The standard InChI is InChI=1S/C11H20N4O/c1-3-8-4-5-10(16)9(6-8)7-11-12-14-15(2)13-11/h8-10,16H,3-7H2,1-2H3. The maximum Gasteiger partial charge on any atom is 0.175 e. The zero-order valence-electron chi connectivity index (χ0n) is 10.0. The molecule has 0 spiro atoms. The lowest BCUT2D eigenvalue weighted by Gasteiger charge is -2.32. The van der Waals surface area contributed by atoms with Gasteiger partial charge < -0.3 is 5.11 Å². The van der Waals surface area contributed by atoms with Gasteiger partial charge >= 0.3 is 0 Å². The molecule has 0 amide bonds. The Hall–Kier alpha value is -0.970. The molecule has 3 atom stereocenters. The molecule has 1 heterocycles. The normalized spacial score (nSPS) is 30.6. The molecule has 5 nitrogen and oxygen atoms in total. The Labute approximate surface area is 95.9 Å². The second-order valence-electron chi connectivity index (χ2n) is 4.81. The van der Waals surface area contributed by atoms with Crippen LogP contribution in [0.5, 0.6) is 0 Å². The van der Waals surface area contributed by atoms with E-state index in [9.17, 15) is 5.11 Å². The molecule has 2 rings (SSSR count). The van der Waals surface area contributed by atoms with E-state index < -0.39 is 0 Å². The van der Waals surface area contributed by atoms with Crippen molar-refractivity contribution in [3.8, 4) is 0 Å². The smallest absolute Gasteiger partial charge is 0.175 e. The van der Waals surface area contributed by atoms with Crippen LogP contribution >= 0.6 is 0 Å². The lowest BCUT2D eigenvalue weighted by Crippen LogP contribution is -2.30. The third-order valence-electron chi connectivity index (χ3n) is 3.62. The summed E-state index contributed by atoms with van der Waals surface area (Å²) in [5, 5.41) is 21.9. The molecule has 16 heavy (non-hydrogen) atoms. The van der Waals surface area contributed by atoms with Crippen molar-refractivity contribution in [1.82, 2.24) is 20.2 Å². The quantitative estimate of drug-likeness (QED) is 0.830. The highest BCUT2D eigenvalue weighted by Gasteiger charge is 2.29. The second kappa shape index (κ2) is 4.91. The SMILES string of the molecule is CCC1CCC(O)C(Cc2nnn(C)n2)C1. The van der Waals surface area contributed by atoms with Gasteiger partial charge in [0.25, 0.3) is 0 Å². The lowest BCUT2D eigenvalue weighted by molar-refractivity contribution is 0.0465. The molecular weight excluding hydrogens is 204 g/mol. The summed E-state index contributed by atoms with van der Waals surface area (Å²) in [4.78, 5) is 1.47. The van der Waals surface area contributed by atoms with Gasteiger partial charge in [0, 0.05) is 6.42 Å². The van der Waals surface area contributed by atoms with Gasteiger partial charge in [-0.15, -0.1) is 10.2 Å². The van der Waals surface area contributed by atoms with Crippen molar-refractivity contribution in [2.75, 3.05) is 0 Å². The summed E-state index contributed by atoms with van der Waals surface area (Å²) in [6.45, 7) is 2.22. The Morgan fingerprint density at radius 3 is 2.88 bits per heavy atom. The molecule has 1 aliphatic rings. The first kappa shape index (κ1) is 11.5. The van der Waals surface area contributed by atoms with Gasteiger partial charge in [-0.05, 0) is 36.3 Å². The third kappa shape index (κ3) is 2.58. The molecule has 0 radical (unpaired) electrons. The van der Waals surface area contributed by atoms with Crippen LogP contribution in [0.3, 0.4) is 0 Å². The fourth-order valence-corrected chi connectivity index (χ4v) is 2.57. The minimum Gasteiger partial charge on any atom is -0.393 e. The number of aromatic nitrogens is 4. The maximum absolute atomic E-state index is 9.97. The van der Waals surface area contributed by atoms with Crippen molar-refractivity contribution in [1.29, 1.82) is 0 Å². The van der Waals surface area contributed by atoms with Crippen LogP contribution in [0.1, 0.15) is 38.4 Å². The van der Waals surface area contributed by atoms with E-state index >= 15 is 0 Å². The number of rotatable bonds is 3. The monoisotopic (exact) mass is 224 g/mol. The van der Waals surface area contributed by atoms with Crippen LogP contribution in [0.4, 0.5) is 0 Å². The Balaban J connectivity index is 1.96. The average molecular weight is 224 g/mol. The largest absolute Gasteiger partial charge is 0.393 e. The lowest BCUT2D eigenvalue weighted by atomic mass is 9.77. The molecule has 0 aromatic carbocycles. The van der Waals surface area contributed by atoms with Gasteiger partial charge in [-0.2, -0.15) is 4.80 Å². The van der Waals surface area contributed by atoms with Crippen LogP contribution in [0.25, 0.3) is 0 Å². The van der Waals surface area contributed by atoms with E-state index in [1.165, 1.54) is 11.2 Å². The summed E-state index contributed by atoms with van der Waals surface area (Å²) in [6.07, 6.45) is 4.94. The molecule has 0 aliphatic heterocycles. The minimum atomic E-state index is -0.188. The van der Waals surface area contributed by atoms with Crippen LogP contribution in [0.2, 0.25) is 0 Å². The number of hydrogen-bond acceptors (Lipinski definition) is 4. The highest BCUT2D eigenvalue weighted by Crippen LogP contribution is 2.32. The zero-order chi connectivity index (χ0) is 11.5. The van der Waals surface area contributed by atoms with Gasteiger partial charge in [0.1, 0.15) is 0 Å².